The normalized spacial score (nSPS) is 18.4. The van der Waals surface area contributed by atoms with E-state index in [1.807, 2.05) is 23.1 Å². The molecule has 0 bridgehead atoms. The summed E-state index contributed by atoms with van der Waals surface area (Å²) in [4.78, 5) is 25.9. The molecule has 1 aromatic heterocycles. The Balaban J connectivity index is 1.19. The van der Waals surface area contributed by atoms with Gasteiger partial charge in [0.25, 0.3) is 5.91 Å². The van der Waals surface area contributed by atoms with Crippen LogP contribution < -0.4 is 19.1 Å². The van der Waals surface area contributed by atoms with Crippen molar-refractivity contribution >= 4 is 22.9 Å². The zero-order valence-electron chi connectivity index (χ0n) is 29.4. The van der Waals surface area contributed by atoms with Crippen molar-refractivity contribution in [3.63, 3.8) is 0 Å². The summed E-state index contributed by atoms with van der Waals surface area (Å²) in [6.07, 6.45) is 4.94. The van der Waals surface area contributed by atoms with Crippen LogP contribution in [-0.4, -0.2) is 92.4 Å². The molecular formula is C39H48FN5O4. The fourth-order valence-electron chi connectivity index (χ4n) is 7.35. The average Bonchev–Trinajstić information content (AvgIpc) is 3.64. The van der Waals surface area contributed by atoms with Gasteiger partial charge in [0.05, 0.1) is 32.4 Å². The fourth-order valence-corrected chi connectivity index (χ4v) is 7.35. The molecule has 4 aromatic rings. The molecule has 49 heavy (non-hydrogen) atoms. The van der Waals surface area contributed by atoms with Crippen molar-refractivity contribution in [2.75, 3.05) is 72.0 Å². The van der Waals surface area contributed by atoms with Crippen LogP contribution in [0.5, 0.6) is 17.2 Å². The van der Waals surface area contributed by atoms with Gasteiger partial charge in [-0.3, -0.25) is 4.79 Å². The second-order valence-electron chi connectivity index (χ2n) is 13.4. The first-order valence-corrected chi connectivity index (χ1v) is 17.2. The number of hydrogen-bond acceptors (Lipinski definition) is 7. The molecule has 1 amide bonds. The molecule has 9 nitrogen and oxygen atoms in total. The number of likely N-dealkylation sites (tertiary alicyclic amines) is 1. The number of allylic oxidation sites excluding steroid dienone is 2. The van der Waals surface area contributed by atoms with Gasteiger partial charge < -0.3 is 33.5 Å². The maximum Gasteiger partial charge on any atom is 0.254 e. The number of halogens is 1. The van der Waals surface area contributed by atoms with Crippen molar-refractivity contribution in [1.29, 1.82) is 0 Å². The quantitative estimate of drug-likeness (QED) is 0.168. The van der Waals surface area contributed by atoms with E-state index in [0.717, 1.165) is 81.1 Å². The Morgan fingerprint density at radius 3 is 2.35 bits per heavy atom. The summed E-state index contributed by atoms with van der Waals surface area (Å²) < 4.78 is 32.9. The monoisotopic (exact) mass is 669 g/mol. The molecule has 0 aliphatic carbocycles. The van der Waals surface area contributed by atoms with Crippen LogP contribution in [0.15, 0.2) is 72.3 Å². The van der Waals surface area contributed by atoms with Crippen LogP contribution >= 0.6 is 0 Å². The molecule has 1 atom stereocenters. The molecule has 2 saturated heterocycles. The predicted molar refractivity (Wildman–Crippen MR) is 192 cm³/mol. The number of fused-ring (bicyclic) bond motifs is 1. The number of ether oxygens (including phenoxy) is 3. The molecule has 0 spiro atoms. The zero-order valence-corrected chi connectivity index (χ0v) is 29.4. The average molecular weight is 670 g/mol. The largest absolute Gasteiger partial charge is 0.493 e. The van der Waals surface area contributed by atoms with E-state index in [1.54, 1.807) is 33.5 Å². The van der Waals surface area contributed by atoms with Crippen molar-refractivity contribution in [3.8, 4) is 17.2 Å². The molecule has 0 radical (unpaired) electrons. The number of nitrogens with zero attached hydrogens (tertiary/aromatic N) is 5. The minimum absolute atomic E-state index is 0.0929. The third-order valence-electron chi connectivity index (χ3n) is 10.1. The van der Waals surface area contributed by atoms with Crippen LogP contribution in [0.1, 0.15) is 49.0 Å². The van der Waals surface area contributed by atoms with Crippen molar-refractivity contribution in [2.24, 2.45) is 0 Å². The van der Waals surface area contributed by atoms with E-state index in [9.17, 15) is 9.18 Å². The van der Waals surface area contributed by atoms with Crippen LogP contribution in [0.25, 0.3) is 11.0 Å². The number of carbonyl (C=O) groups is 1. The molecule has 2 aliphatic heterocycles. The van der Waals surface area contributed by atoms with Gasteiger partial charge in [0.2, 0.25) is 11.7 Å². The lowest BCUT2D eigenvalue weighted by Gasteiger charge is -2.33. The third-order valence-corrected chi connectivity index (χ3v) is 10.1. The topological polar surface area (TPSA) is 72.3 Å². The van der Waals surface area contributed by atoms with Crippen LogP contribution in [0, 0.1) is 5.82 Å². The smallest absolute Gasteiger partial charge is 0.254 e. The maximum atomic E-state index is 14.1. The Morgan fingerprint density at radius 2 is 1.65 bits per heavy atom. The number of carbonyl (C=O) groups excluding carboxylic acids is 1. The summed E-state index contributed by atoms with van der Waals surface area (Å²) in [6, 6.07) is 18.6. The van der Waals surface area contributed by atoms with Crippen LogP contribution in [0.4, 0.5) is 10.3 Å². The molecule has 2 aliphatic rings. The molecule has 2 fully saturated rings. The van der Waals surface area contributed by atoms with E-state index in [0.29, 0.717) is 35.9 Å². The van der Waals surface area contributed by atoms with Gasteiger partial charge in [-0.15, -0.1) is 0 Å². The minimum atomic E-state index is -0.297. The first-order valence-electron chi connectivity index (χ1n) is 17.2. The van der Waals surface area contributed by atoms with E-state index < -0.39 is 0 Å². The van der Waals surface area contributed by atoms with Crippen molar-refractivity contribution in [1.82, 2.24) is 19.4 Å². The van der Waals surface area contributed by atoms with Gasteiger partial charge >= 0.3 is 0 Å². The molecule has 1 unspecified atom stereocenters. The number of benzene rings is 3. The number of methoxy groups -OCH3 is 3. The summed E-state index contributed by atoms with van der Waals surface area (Å²) in [5.74, 6) is 2.01. The number of imidazole rings is 1. The molecule has 6 rings (SSSR count). The molecule has 3 heterocycles. The first-order chi connectivity index (χ1) is 23.7. The van der Waals surface area contributed by atoms with Crippen LogP contribution in [-0.2, 0) is 12.0 Å². The maximum absolute atomic E-state index is 14.1. The van der Waals surface area contributed by atoms with Crippen molar-refractivity contribution < 1.29 is 23.4 Å². The highest BCUT2D eigenvalue weighted by molar-refractivity contribution is 5.96. The summed E-state index contributed by atoms with van der Waals surface area (Å²) >= 11 is 0. The summed E-state index contributed by atoms with van der Waals surface area (Å²) in [7, 11) is 4.64. The number of anilines is 1. The molecular weight excluding hydrogens is 621 g/mol. The SMILES string of the molecule is COc1cc(C(=O)N2CCC(CCN3CCCN(c4nc5ccccc5n4CC=C(C)C)CC3)(c3ccc(F)cc3)C2)cc(OC)c1OC. The van der Waals surface area contributed by atoms with Gasteiger partial charge in [-0.2, -0.15) is 0 Å². The first kappa shape index (κ1) is 34.3. The van der Waals surface area contributed by atoms with E-state index in [4.69, 9.17) is 19.2 Å². The minimum Gasteiger partial charge on any atom is -0.493 e. The fraction of sp³-hybridized carbons (Fsp3) is 0.436. The summed E-state index contributed by atoms with van der Waals surface area (Å²) in [6.45, 7) is 10.8. The lowest BCUT2D eigenvalue weighted by molar-refractivity contribution is 0.0780. The second-order valence-corrected chi connectivity index (χ2v) is 13.4. The Kier molecular flexibility index (Phi) is 10.4. The third kappa shape index (κ3) is 7.25. The van der Waals surface area contributed by atoms with Gasteiger partial charge in [0.1, 0.15) is 5.82 Å². The summed E-state index contributed by atoms with van der Waals surface area (Å²) in [5.41, 5.74) is 4.72. The van der Waals surface area contributed by atoms with E-state index in [-0.39, 0.29) is 17.1 Å². The van der Waals surface area contributed by atoms with E-state index in [1.165, 1.54) is 17.7 Å². The van der Waals surface area contributed by atoms with Gasteiger partial charge in [0.15, 0.2) is 11.5 Å². The molecule has 3 aromatic carbocycles. The molecule has 10 heteroatoms. The highest BCUT2D eigenvalue weighted by atomic mass is 19.1. The van der Waals surface area contributed by atoms with Crippen LogP contribution in [0.3, 0.4) is 0 Å². The standard InChI is InChI=1S/C39H48FN5O4/c1-28(2)15-20-45-33-10-7-6-9-32(33)41-38(45)43-19-8-18-42(23-24-43)21-16-39(30-11-13-31(40)14-12-30)17-22-44(27-39)37(46)29-25-34(47-3)36(49-5)35(26-29)48-4/h6-7,9-15,25-26H,8,16-24,27H2,1-5H3. The Morgan fingerprint density at radius 1 is 0.918 bits per heavy atom. The van der Waals surface area contributed by atoms with Gasteiger partial charge in [-0.05, 0) is 88.2 Å². The highest BCUT2D eigenvalue weighted by Crippen LogP contribution is 2.41. The molecule has 0 saturated carbocycles. The predicted octanol–water partition coefficient (Wildman–Crippen LogP) is 6.55. The molecule has 0 N–H and O–H groups in total. The Labute approximate surface area is 288 Å². The zero-order chi connectivity index (χ0) is 34.5. The Hall–Kier alpha value is -4.57. The highest BCUT2D eigenvalue weighted by Gasteiger charge is 2.42. The van der Waals surface area contributed by atoms with Gasteiger partial charge in [-0.25, -0.2) is 9.37 Å². The lowest BCUT2D eigenvalue weighted by atomic mass is 9.76. The van der Waals surface area contributed by atoms with Crippen molar-refractivity contribution in [3.05, 3.63) is 89.3 Å². The van der Waals surface area contributed by atoms with Crippen molar-refractivity contribution in [2.45, 2.75) is 45.1 Å². The molecule has 260 valence electrons. The van der Waals surface area contributed by atoms with E-state index >= 15 is 0 Å². The number of hydrogen-bond donors (Lipinski definition) is 0. The second kappa shape index (κ2) is 14.9. The number of rotatable bonds is 11. The van der Waals surface area contributed by atoms with E-state index in [2.05, 4.69) is 52.5 Å². The Bertz CT molecular complexity index is 1780. The van der Waals surface area contributed by atoms with Gasteiger partial charge in [-0.1, -0.05) is 35.9 Å². The van der Waals surface area contributed by atoms with Crippen LogP contribution in [0.2, 0.25) is 0 Å². The number of aromatic nitrogens is 2. The number of amides is 1. The van der Waals surface area contributed by atoms with Gasteiger partial charge in [0, 0.05) is 50.2 Å². The number of para-hydroxylation sites is 2. The lowest BCUT2D eigenvalue weighted by Crippen LogP contribution is -2.39. The summed E-state index contributed by atoms with van der Waals surface area (Å²) in [5, 5.41) is 0.